The predicted octanol–water partition coefficient (Wildman–Crippen LogP) is 3.97. The lowest BCUT2D eigenvalue weighted by atomic mass is 9.75. The van der Waals surface area contributed by atoms with Crippen LogP contribution >= 0.6 is 0 Å². The number of carbonyl (C=O) groups is 2. The van der Waals surface area contributed by atoms with Crippen molar-refractivity contribution in [1.29, 1.82) is 0 Å². The second kappa shape index (κ2) is 10.1. The molecule has 1 saturated heterocycles. The van der Waals surface area contributed by atoms with Crippen molar-refractivity contribution < 1.29 is 23.8 Å². The van der Waals surface area contributed by atoms with Crippen LogP contribution in [-0.2, 0) is 30.4 Å². The topological polar surface area (TPSA) is 65.1 Å². The van der Waals surface area contributed by atoms with Gasteiger partial charge in [-0.2, -0.15) is 0 Å². The van der Waals surface area contributed by atoms with Crippen molar-refractivity contribution in [3.8, 4) is 0 Å². The lowest BCUT2D eigenvalue weighted by Crippen LogP contribution is -2.52. The normalized spacial score (nSPS) is 26.8. The number of carbonyl (C=O) groups excluding carboxylic acids is 2. The van der Waals surface area contributed by atoms with E-state index in [9.17, 15) is 9.59 Å². The predicted molar refractivity (Wildman–Crippen MR) is 125 cm³/mol. The first kappa shape index (κ1) is 23.5. The van der Waals surface area contributed by atoms with Gasteiger partial charge >= 0.3 is 5.97 Å². The molecule has 1 aliphatic carbocycles. The van der Waals surface area contributed by atoms with Gasteiger partial charge in [-0.15, -0.1) is 0 Å². The van der Waals surface area contributed by atoms with Crippen LogP contribution in [-0.4, -0.2) is 54.7 Å². The van der Waals surface area contributed by atoms with Crippen LogP contribution in [0.5, 0.6) is 0 Å². The molecule has 3 aliphatic rings. The van der Waals surface area contributed by atoms with Crippen LogP contribution in [0.3, 0.4) is 0 Å². The Morgan fingerprint density at radius 1 is 1.12 bits per heavy atom. The zero-order valence-corrected chi connectivity index (χ0v) is 19.8. The number of esters is 1. The van der Waals surface area contributed by atoms with Crippen LogP contribution in [0.1, 0.15) is 39.2 Å². The number of methoxy groups -OCH3 is 1. The molecule has 1 aromatic carbocycles. The average Bonchev–Trinajstić information content (AvgIpc) is 2.81. The summed E-state index contributed by atoms with van der Waals surface area (Å²) in [5.41, 5.74) is 3.58. The van der Waals surface area contributed by atoms with Gasteiger partial charge in [0, 0.05) is 25.8 Å². The molecule has 1 aromatic rings. The van der Waals surface area contributed by atoms with Crippen molar-refractivity contribution in [3.63, 3.8) is 0 Å². The Balaban J connectivity index is 1.62. The maximum Gasteiger partial charge on any atom is 0.343 e. The first-order valence-electron chi connectivity index (χ1n) is 11.7. The fraction of sp³-hybridized carbons (Fsp3) is 0.481. The molecule has 2 aliphatic heterocycles. The molecule has 6 heteroatoms. The number of nitrogens with zero attached hydrogens (tertiary/aromatic N) is 1. The smallest absolute Gasteiger partial charge is 0.343 e. The largest absolute Gasteiger partial charge is 0.462 e. The van der Waals surface area contributed by atoms with Crippen molar-refractivity contribution in [2.45, 2.75) is 64.5 Å². The second-order valence-electron chi connectivity index (χ2n) is 9.14. The zero-order chi connectivity index (χ0) is 23.5. The highest BCUT2D eigenvalue weighted by Crippen LogP contribution is 2.42. The van der Waals surface area contributed by atoms with Crippen molar-refractivity contribution >= 4 is 11.8 Å². The van der Waals surface area contributed by atoms with Gasteiger partial charge in [-0.25, -0.2) is 4.79 Å². The quantitative estimate of drug-likeness (QED) is 0.462. The molecule has 4 rings (SSSR count). The first-order valence-corrected chi connectivity index (χ1v) is 11.7. The molecule has 0 aromatic heterocycles. The van der Waals surface area contributed by atoms with Gasteiger partial charge in [0.05, 0.1) is 19.3 Å². The summed E-state index contributed by atoms with van der Waals surface area (Å²) in [7, 11) is 1.68. The summed E-state index contributed by atoms with van der Waals surface area (Å²) in [6.45, 7) is 6.85. The highest BCUT2D eigenvalue weighted by molar-refractivity contribution is 6.18. The fourth-order valence-electron chi connectivity index (χ4n) is 4.98. The van der Waals surface area contributed by atoms with Gasteiger partial charge in [-0.1, -0.05) is 44.2 Å². The molecule has 0 bridgehead atoms. The molecular formula is C27H33NO5. The lowest BCUT2D eigenvalue weighted by molar-refractivity contribution is -0.140. The van der Waals surface area contributed by atoms with E-state index < -0.39 is 5.97 Å². The number of rotatable bonds is 7. The zero-order valence-electron chi connectivity index (χ0n) is 19.8. The Bertz CT molecular complexity index is 977. The molecule has 1 fully saturated rings. The van der Waals surface area contributed by atoms with Gasteiger partial charge in [-0.05, 0) is 48.1 Å². The minimum absolute atomic E-state index is 0.115. The maximum absolute atomic E-state index is 12.9. The molecule has 33 heavy (non-hydrogen) atoms. The highest BCUT2D eigenvalue weighted by atomic mass is 16.5. The number of fused-ring (bicyclic) bond motifs is 3. The van der Waals surface area contributed by atoms with Crippen molar-refractivity contribution in [2.24, 2.45) is 5.92 Å². The molecular weight excluding hydrogens is 418 g/mol. The number of hydrogen-bond donors (Lipinski definition) is 0. The van der Waals surface area contributed by atoms with Gasteiger partial charge < -0.3 is 19.1 Å². The van der Waals surface area contributed by atoms with Crippen molar-refractivity contribution in [3.05, 3.63) is 71.0 Å². The van der Waals surface area contributed by atoms with Gasteiger partial charge in [0.1, 0.15) is 17.8 Å². The number of ketones is 1. The van der Waals surface area contributed by atoms with E-state index in [4.69, 9.17) is 14.2 Å². The SMILES string of the molecule is CCOC(=O)C1=CN2C(CC1=O)C1=CC(OC)C(OCc3ccccc3)C=C1CC2C(C)C. The number of ether oxygens (including phenoxy) is 3. The van der Waals surface area contributed by atoms with Gasteiger partial charge in [0.25, 0.3) is 0 Å². The van der Waals surface area contributed by atoms with Gasteiger partial charge in [0.15, 0.2) is 5.78 Å². The molecule has 2 heterocycles. The minimum atomic E-state index is -0.536. The Morgan fingerprint density at radius 3 is 2.55 bits per heavy atom. The Morgan fingerprint density at radius 2 is 1.88 bits per heavy atom. The Kier molecular flexibility index (Phi) is 7.15. The summed E-state index contributed by atoms with van der Waals surface area (Å²) in [5, 5.41) is 0. The summed E-state index contributed by atoms with van der Waals surface area (Å²) in [6.07, 6.45) is 6.65. The van der Waals surface area contributed by atoms with E-state index in [0.29, 0.717) is 12.5 Å². The van der Waals surface area contributed by atoms with E-state index in [1.807, 2.05) is 30.3 Å². The molecule has 0 radical (unpaired) electrons. The minimum Gasteiger partial charge on any atom is -0.462 e. The Hall–Kier alpha value is -2.70. The summed E-state index contributed by atoms with van der Waals surface area (Å²) < 4.78 is 17.2. The van der Waals surface area contributed by atoms with Crippen LogP contribution in [0.15, 0.2) is 65.4 Å². The number of Topliss-reactive ketones (excluding diaryl/α,β-unsaturated/α-hetero) is 1. The monoisotopic (exact) mass is 451 g/mol. The van der Waals surface area contributed by atoms with Crippen molar-refractivity contribution in [1.82, 2.24) is 4.90 Å². The molecule has 0 spiro atoms. The van der Waals surface area contributed by atoms with E-state index in [2.05, 4.69) is 30.9 Å². The molecule has 0 N–H and O–H groups in total. The molecule has 4 unspecified atom stereocenters. The maximum atomic E-state index is 12.9. The fourth-order valence-corrected chi connectivity index (χ4v) is 4.98. The molecule has 0 amide bonds. The van der Waals surface area contributed by atoms with Crippen LogP contribution < -0.4 is 0 Å². The molecule has 4 atom stereocenters. The van der Waals surface area contributed by atoms with Crippen LogP contribution in [0.25, 0.3) is 0 Å². The van der Waals surface area contributed by atoms with Crippen LogP contribution in [0.4, 0.5) is 0 Å². The van der Waals surface area contributed by atoms with E-state index >= 15 is 0 Å². The van der Waals surface area contributed by atoms with E-state index in [-0.39, 0.29) is 48.7 Å². The van der Waals surface area contributed by atoms with Crippen LogP contribution in [0, 0.1) is 5.92 Å². The third-order valence-corrected chi connectivity index (χ3v) is 6.71. The molecule has 0 saturated carbocycles. The summed E-state index contributed by atoms with van der Waals surface area (Å²) >= 11 is 0. The third kappa shape index (κ3) is 4.82. The summed E-state index contributed by atoms with van der Waals surface area (Å²) in [5.74, 6) is -0.367. The number of benzene rings is 1. The summed E-state index contributed by atoms with van der Waals surface area (Å²) in [6, 6.07) is 10.2. The molecule has 176 valence electrons. The standard InChI is InChI=1S/C27H33NO5/c1-5-32-27(30)21-15-28-22(17(2)3)11-19-12-26(33-16-18-9-7-6-8-10-18)25(31-4)13-20(19)23(28)14-24(21)29/h6-10,12-13,15,17,22-23,25-26H,5,11,14,16H2,1-4H3. The van der Waals surface area contributed by atoms with E-state index in [0.717, 1.165) is 17.6 Å². The van der Waals surface area contributed by atoms with Gasteiger partial charge in [-0.3, -0.25) is 4.79 Å². The van der Waals surface area contributed by atoms with Gasteiger partial charge in [0.2, 0.25) is 0 Å². The second-order valence-corrected chi connectivity index (χ2v) is 9.14. The highest BCUT2D eigenvalue weighted by Gasteiger charge is 2.44. The van der Waals surface area contributed by atoms with E-state index in [1.165, 1.54) is 5.57 Å². The summed E-state index contributed by atoms with van der Waals surface area (Å²) in [4.78, 5) is 27.5. The Labute approximate surface area is 195 Å². The number of piperidine rings is 1. The third-order valence-electron chi connectivity index (χ3n) is 6.71. The molecule has 6 nitrogen and oxygen atoms in total. The lowest BCUT2D eigenvalue weighted by Gasteiger charge is -2.49. The van der Waals surface area contributed by atoms with E-state index in [1.54, 1.807) is 20.2 Å². The number of hydrogen-bond acceptors (Lipinski definition) is 6. The van der Waals surface area contributed by atoms with Crippen molar-refractivity contribution in [2.75, 3.05) is 13.7 Å². The average molecular weight is 452 g/mol. The first-order chi connectivity index (χ1) is 15.9. The van der Waals surface area contributed by atoms with Crippen LogP contribution in [0.2, 0.25) is 0 Å².